The number of unbranched alkanes of at least 4 members (excludes halogenated alkanes) is 1. The number of nitrogens with one attached hydrogen (secondary N) is 6. The minimum atomic E-state index is -5.21. The molecule has 0 unspecified atom stereocenters. The quantitative estimate of drug-likeness (QED) is 0.0456. The molecule has 87 heavy (non-hydrogen) atoms. The number of imide groups is 1. The van der Waals surface area contributed by atoms with Crippen molar-refractivity contribution in [3.05, 3.63) is 70.3 Å². The van der Waals surface area contributed by atoms with Crippen LogP contribution in [0.1, 0.15) is 110 Å². The van der Waals surface area contributed by atoms with Crippen molar-refractivity contribution in [1.82, 2.24) is 26.3 Å². The highest BCUT2D eigenvalue weighted by Crippen LogP contribution is 2.49. The molecule has 2 aromatic rings. The molecule has 4 heterocycles. The molecule has 0 aromatic heterocycles. The number of alkyl halides is 3. The van der Waals surface area contributed by atoms with E-state index in [9.17, 15) is 53.1 Å². The Hall–Kier alpha value is -8.02. The highest BCUT2D eigenvalue weighted by atomic mass is 35.5. The lowest BCUT2D eigenvalue weighted by Gasteiger charge is -2.42. The van der Waals surface area contributed by atoms with Crippen LogP contribution in [0.3, 0.4) is 0 Å². The number of hydrogen-bond acceptors (Lipinski definition) is 17. The second kappa shape index (κ2) is 29.1. The van der Waals surface area contributed by atoms with Crippen molar-refractivity contribution in [2.45, 2.75) is 159 Å². The van der Waals surface area contributed by atoms with E-state index < -0.39 is 149 Å². The van der Waals surface area contributed by atoms with E-state index in [1.165, 1.54) is 33.1 Å². The van der Waals surface area contributed by atoms with Crippen LogP contribution in [0.4, 0.5) is 44.6 Å². The minimum Gasteiger partial charge on any atom is -0.495 e. The van der Waals surface area contributed by atoms with Crippen LogP contribution in [-0.2, 0) is 69.9 Å². The van der Waals surface area contributed by atoms with Gasteiger partial charge < -0.3 is 65.5 Å². The lowest BCUT2D eigenvalue weighted by atomic mass is 9.83. The third kappa shape index (κ3) is 17.8. The summed E-state index contributed by atoms with van der Waals surface area (Å²) in [6.07, 6.45) is -8.51. The maximum atomic E-state index is 15.0. The van der Waals surface area contributed by atoms with Crippen LogP contribution in [0.5, 0.6) is 5.75 Å². The summed E-state index contributed by atoms with van der Waals surface area (Å²) < 4.78 is 74.0. The maximum Gasteiger partial charge on any atom is 0.418 e. The van der Waals surface area contributed by atoms with Gasteiger partial charge in [-0.3, -0.25) is 39.4 Å². The van der Waals surface area contributed by atoms with Gasteiger partial charge in [-0.05, 0) is 87.8 Å². The van der Waals surface area contributed by atoms with Crippen molar-refractivity contribution in [2.24, 2.45) is 17.6 Å². The molecule has 6 rings (SSSR count). The van der Waals surface area contributed by atoms with Crippen LogP contribution < -0.4 is 47.3 Å². The van der Waals surface area contributed by atoms with Crippen LogP contribution in [0.15, 0.2) is 54.1 Å². The smallest absolute Gasteiger partial charge is 0.418 e. The largest absolute Gasteiger partial charge is 0.495 e. The monoisotopic (exact) mass is 1250 g/mol. The highest BCUT2D eigenvalue weighted by Gasteiger charge is 2.64. The molecule has 4 bridgehead atoms. The molecule has 2 aromatic carbocycles. The Morgan fingerprint density at radius 3 is 2.29 bits per heavy atom. The standard InChI is InChI=1S/C57H73ClF3N9O17/c1-29(2)48(67-42(71)16-9-10-17-46(75)87-70-43(72)20-21-44(70)73)51(77)65-36(14-12-22-63-52(62)78)50(76)64-33-18-19-35(34(26-33)57(59,60)61)66-53(79)85-41-27-45(74)69(6)37-24-32(25-38(82-7)47(37)58)23-30(3)13-11-15-40(83-8)56(81)28-39(84-54(80)68-56)31(4)49-55(41,5)86-49/h11,13,15,18-19,24-26,29,31,36,39-41,48-49,81H,9-10,12,14,16-17,20-23,27-28H2,1-8H3,(H,64,76)(H,65,77)(H,66,79)(H,67,71)(H,68,80)(H3,62,63,78)/b15-11+,30-13+/t31-,36+,39+,40-,41+,48+,49+,55+,56+/m1/s1. The number of amides is 10. The minimum absolute atomic E-state index is 0.0165. The Labute approximate surface area is 504 Å². The number of hydroxylamine groups is 2. The Balaban J connectivity index is 1.20. The van der Waals surface area contributed by atoms with Crippen molar-refractivity contribution in [3.8, 4) is 5.75 Å². The molecule has 476 valence electrons. The number of rotatable bonds is 20. The van der Waals surface area contributed by atoms with Gasteiger partial charge in [0.25, 0.3) is 11.8 Å². The van der Waals surface area contributed by atoms with E-state index in [1.807, 2.05) is 6.92 Å². The van der Waals surface area contributed by atoms with Gasteiger partial charge in [0.05, 0.1) is 36.6 Å². The molecule has 30 heteroatoms. The van der Waals surface area contributed by atoms with Crippen molar-refractivity contribution < 1.29 is 94.7 Å². The summed E-state index contributed by atoms with van der Waals surface area (Å²) in [7, 11) is 4.14. The number of primary amides is 1. The first-order valence-electron chi connectivity index (χ1n) is 28.0. The van der Waals surface area contributed by atoms with E-state index in [2.05, 4.69) is 31.9 Å². The number of halogens is 4. The number of aliphatic hydroxyl groups is 1. The van der Waals surface area contributed by atoms with Crippen LogP contribution in [0.25, 0.3) is 0 Å². The summed E-state index contributed by atoms with van der Waals surface area (Å²) in [5.41, 5.74) is 0.471. The number of nitrogens with two attached hydrogens (primary N) is 1. The summed E-state index contributed by atoms with van der Waals surface area (Å²) in [6.45, 7) is 8.06. The van der Waals surface area contributed by atoms with Gasteiger partial charge in [0.1, 0.15) is 46.8 Å². The predicted molar refractivity (Wildman–Crippen MR) is 304 cm³/mol. The van der Waals surface area contributed by atoms with Crippen molar-refractivity contribution in [2.75, 3.05) is 43.3 Å². The molecule has 10 amide bonds. The van der Waals surface area contributed by atoms with Gasteiger partial charge in [0.15, 0.2) is 5.72 Å². The van der Waals surface area contributed by atoms with Crippen LogP contribution in [0.2, 0.25) is 5.02 Å². The van der Waals surface area contributed by atoms with E-state index >= 15 is 13.2 Å². The van der Waals surface area contributed by atoms with Gasteiger partial charge >= 0.3 is 30.4 Å². The normalized spacial score (nSPS) is 24.9. The lowest BCUT2D eigenvalue weighted by Crippen LogP contribution is -2.63. The van der Waals surface area contributed by atoms with Gasteiger partial charge in [-0.15, -0.1) is 5.06 Å². The van der Waals surface area contributed by atoms with E-state index in [1.54, 1.807) is 51.1 Å². The number of anilines is 3. The molecule has 9 N–H and O–H groups in total. The summed E-state index contributed by atoms with van der Waals surface area (Å²) in [4.78, 5) is 135. The number of nitrogens with zero attached hydrogens (tertiary/aromatic N) is 2. The number of methoxy groups -OCH3 is 2. The molecule has 3 saturated heterocycles. The first-order chi connectivity index (χ1) is 40.9. The Bertz CT molecular complexity index is 3020. The second-order valence-electron chi connectivity index (χ2n) is 22.1. The Kier molecular flexibility index (Phi) is 22.8. The van der Waals surface area contributed by atoms with E-state index in [-0.39, 0.29) is 80.8 Å². The molecule has 26 nitrogen and oxygen atoms in total. The molecule has 4 aliphatic heterocycles. The molecule has 0 radical (unpaired) electrons. The second-order valence-corrected chi connectivity index (χ2v) is 22.5. The molecule has 4 aliphatic rings. The van der Waals surface area contributed by atoms with Gasteiger partial charge in [-0.25, -0.2) is 19.2 Å². The molecular weight excluding hydrogens is 1180 g/mol. The number of fused-ring (bicyclic) bond motifs is 5. The zero-order valence-corrected chi connectivity index (χ0v) is 49.9. The van der Waals surface area contributed by atoms with Gasteiger partial charge in [-0.1, -0.05) is 56.2 Å². The average Bonchev–Trinajstić information content (AvgIpc) is 1.61. The average molecular weight is 1250 g/mol. The van der Waals surface area contributed by atoms with E-state index in [0.717, 1.165) is 17.7 Å². The molecule has 9 atom stereocenters. The number of urea groups is 1. The predicted octanol–water partition coefficient (Wildman–Crippen LogP) is 5.57. The molecule has 0 saturated carbocycles. The summed E-state index contributed by atoms with van der Waals surface area (Å²) in [6, 6.07) is 2.05. The van der Waals surface area contributed by atoms with E-state index in [0.29, 0.717) is 23.1 Å². The summed E-state index contributed by atoms with van der Waals surface area (Å²) in [5.74, 6) is -6.51. The van der Waals surface area contributed by atoms with Crippen LogP contribution >= 0.6 is 11.6 Å². The summed E-state index contributed by atoms with van der Waals surface area (Å²) >= 11 is 6.78. The number of benzene rings is 2. The fourth-order valence-electron chi connectivity index (χ4n) is 10.3. The number of epoxide rings is 1. The van der Waals surface area contributed by atoms with Crippen molar-refractivity contribution in [1.29, 1.82) is 0 Å². The zero-order valence-electron chi connectivity index (χ0n) is 49.2. The lowest BCUT2D eigenvalue weighted by molar-refractivity contribution is -0.197. The first-order valence-corrected chi connectivity index (χ1v) is 28.3. The molecule has 3 fully saturated rings. The fraction of sp³-hybridized carbons (Fsp3) is 0.544. The number of carbonyl (C=O) groups is 10. The third-order valence-corrected chi connectivity index (χ3v) is 15.5. The zero-order chi connectivity index (χ0) is 64.3. The number of hydrogen-bond donors (Lipinski definition) is 8. The number of alkyl carbamates (subject to hydrolysis) is 1. The molecule has 0 aliphatic carbocycles. The van der Waals surface area contributed by atoms with Gasteiger partial charge in [0.2, 0.25) is 23.6 Å². The SMILES string of the molecule is COc1cc2cc(c1Cl)N(C)C(=O)C[C@H](OC(=O)Nc1ccc(NC(=O)[C@H](CCCNC(N)=O)NC(=O)[C@@H](NC(=O)CCCCC(=O)ON3C(=O)CCC3=O)C(C)C)cc1C(F)(F)F)[C@]1(C)O[C@H]1[C@H](C)[C@@H]1C[C@@](O)(NC(=O)O1)[C@H](OC)/C=C/C=C(\C)C2. The van der Waals surface area contributed by atoms with Gasteiger partial charge in [-0.2, -0.15) is 13.2 Å². The van der Waals surface area contributed by atoms with Crippen LogP contribution in [-0.4, -0.2) is 145 Å². The Morgan fingerprint density at radius 1 is 0.954 bits per heavy atom. The molecule has 0 spiro atoms. The Morgan fingerprint density at radius 2 is 1.64 bits per heavy atom. The summed E-state index contributed by atoms with van der Waals surface area (Å²) in [5, 5.41) is 26.7. The first kappa shape index (κ1) is 68.1. The highest BCUT2D eigenvalue weighted by molar-refractivity contribution is 6.35. The fourth-order valence-corrected chi connectivity index (χ4v) is 10.6. The van der Waals surface area contributed by atoms with Crippen molar-refractivity contribution in [3.63, 3.8) is 0 Å². The maximum absolute atomic E-state index is 15.0. The number of allylic oxidation sites excluding steroid dienone is 3. The van der Waals surface area contributed by atoms with Crippen LogP contribution in [0, 0.1) is 11.8 Å². The number of carbonyl (C=O) groups excluding carboxylic acids is 10. The third-order valence-electron chi connectivity index (χ3n) is 15.1. The van der Waals surface area contributed by atoms with Crippen molar-refractivity contribution >= 4 is 88.3 Å². The molecular formula is C57H73ClF3N9O17. The number of ether oxygens (including phenoxy) is 5. The topological polar surface area (TPSA) is 354 Å². The van der Waals surface area contributed by atoms with Gasteiger partial charge in [0, 0.05) is 64.4 Å². The van der Waals surface area contributed by atoms with E-state index in [4.69, 9.17) is 45.9 Å².